The average Bonchev–Trinajstić information content (AvgIpc) is 3.28. The summed E-state index contributed by atoms with van der Waals surface area (Å²) in [5.41, 5.74) is 2.14. The van der Waals surface area contributed by atoms with E-state index < -0.39 is 5.91 Å². The Labute approximate surface area is 169 Å². The van der Waals surface area contributed by atoms with Gasteiger partial charge in [-0.2, -0.15) is 4.98 Å². The zero-order chi connectivity index (χ0) is 19.7. The summed E-state index contributed by atoms with van der Waals surface area (Å²) >= 11 is 7.43. The zero-order valence-electron chi connectivity index (χ0n) is 15.0. The molecule has 0 radical (unpaired) electrons. The van der Waals surface area contributed by atoms with Crippen LogP contribution in [0.2, 0.25) is 5.02 Å². The van der Waals surface area contributed by atoms with Crippen LogP contribution in [0, 0.1) is 0 Å². The van der Waals surface area contributed by atoms with Gasteiger partial charge in [0.05, 0.1) is 25.5 Å². The molecule has 28 heavy (non-hydrogen) atoms. The minimum absolute atomic E-state index is 0.202. The minimum Gasteiger partial charge on any atom is -0.497 e. The van der Waals surface area contributed by atoms with Crippen LogP contribution >= 0.6 is 22.9 Å². The second-order valence-electron chi connectivity index (χ2n) is 5.78. The number of amides is 1. The fraction of sp³-hybridized carbons (Fsp3) is 0.105. The Morgan fingerprint density at radius 1 is 1.14 bits per heavy atom. The summed E-state index contributed by atoms with van der Waals surface area (Å²) in [6, 6.07) is 12.5. The highest BCUT2D eigenvalue weighted by Crippen LogP contribution is 2.28. The molecule has 0 bridgehead atoms. The first-order chi connectivity index (χ1) is 13.6. The molecule has 0 fully saturated rings. The molecule has 1 N–H and O–H groups in total. The van der Waals surface area contributed by atoms with Crippen molar-refractivity contribution in [1.29, 1.82) is 0 Å². The van der Waals surface area contributed by atoms with Gasteiger partial charge in [-0.15, -0.1) is 16.4 Å². The van der Waals surface area contributed by atoms with Crippen molar-refractivity contribution in [3.8, 4) is 22.8 Å². The highest BCUT2D eigenvalue weighted by molar-refractivity contribution is 7.15. The van der Waals surface area contributed by atoms with Crippen molar-refractivity contribution in [2.24, 2.45) is 0 Å². The highest BCUT2D eigenvalue weighted by atomic mass is 35.5. The molecule has 4 rings (SSSR count). The Kier molecular flexibility index (Phi) is 4.89. The van der Waals surface area contributed by atoms with Crippen LogP contribution in [0.5, 0.6) is 11.5 Å². The normalized spacial score (nSPS) is 10.8. The van der Waals surface area contributed by atoms with Gasteiger partial charge >= 0.3 is 0 Å². The number of thiazole rings is 1. The SMILES string of the molecule is COc1ccc(-c2csc3nc(NC(=O)c4cc(Cl)ccc4OC)nn23)cc1. The third-order valence-corrected chi connectivity index (χ3v) is 5.15. The third kappa shape index (κ3) is 3.39. The average molecular weight is 415 g/mol. The molecule has 2 aromatic heterocycles. The van der Waals surface area contributed by atoms with Crippen molar-refractivity contribution >= 4 is 39.8 Å². The van der Waals surface area contributed by atoms with E-state index in [1.807, 2.05) is 29.6 Å². The lowest BCUT2D eigenvalue weighted by Gasteiger charge is -2.07. The molecular weight excluding hydrogens is 400 g/mol. The summed E-state index contributed by atoms with van der Waals surface area (Å²) in [4.78, 5) is 17.7. The monoisotopic (exact) mass is 414 g/mol. The molecule has 0 aliphatic rings. The number of methoxy groups -OCH3 is 2. The van der Waals surface area contributed by atoms with Crippen LogP contribution in [0.4, 0.5) is 5.95 Å². The second-order valence-corrected chi connectivity index (χ2v) is 7.05. The molecule has 9 heteroatoms. The Morgan fingerprint density at radius 2 is 1.93 bits per heavy atom. The van der Waals surface area contributed by atoms with Crippen LogP contribution in [-0.2, 0) is 0 Å². The number of nitrogens with one attached hydrogen (secondary N) is 1. The zero-order valence-corrected chi connectivity index (χ0v) is 16.5. The minimum atomic E-state index is -0.399. The molecule has 142 valence electrons. The van der Waals surface area contributed by atoms with E-state index in [0.717, 1.165) is 17.0 Å². The Balaban J connectivity index is 1.63. The smallest absolute Gasteiger partial charge is 0.261 e. The lowest BCUT2D eigenvalue weighted by Crippen LogP contribution is -2.14. The molecule has 0 saturated carbocycles. The number of aromatic nitrogens is 3. The van der Waals surface area contributed by atoms with Crippen LogP contribution in [0.3, 0.4) is 0 Å². The van der Waals surface area contributed by atoms with E-state index in [1.54, 1.807) is 23.8 Å². The van der Waals surface area contributed by atoms with E-state index in [2.05, 4.69) is 15.4 Å². The van der Waals surface area contributed by atoms with Gasteiger partial charge in [-0.1, -0.05) is 11.6 Å². The molecule has 0 aliphatic carbocycles. The van der Waals surface area contributed by atoms with E-state index in [4.69, 9.17) is 21.1 Å². The van der Waals surface area contributed by atoms with Crippen LogP contribution in [0.25, 0.3) is 16.2 Å². The van der Waals surface area contributed by atoms with Crippen molar-refractivity contribution in [1.82, 2.24) is 14.6 Å². The first-order valence-corrected chi connectivity index (χ1v) is 9.48. The number of nitrogens with zero attached hydrogens (tertiary/aromatic N) is 3. The molecular formula is C19H15ClN4O3S. The quantitative estimate of drug-likeness (QED) is 0.524. The number of hydrogen-bond acceptors (Lipinski definition) is 6. The van der Waals surface area contributed by atoms with E-state index in [1.165, 1.54) is 24.5 Å². The highest BCUT2D eigenvalue weighted by Gasteiger charge is 2.17. The van der Waals surface area contributed by atoms with E-state index in [-0.39, 0.29) is 5.95 Å². The van der Waals surface area contributed by atoms with Crippen LogP contribution < -0.4 is 14.8 Å². The predicted molar refractivity (Wildman–Crippen MR) is 109 cm³/mol. The molecule has 7 nitrogen and oxygen atoms in total. The van der Waals surface area contributed by atoms with E-state index in [9.17, 15) is 4.79 Å². The van der Waals surface area contributed by atoms with Gasteiger partial charge in [-0.25, -0.2) is 4.52 Å². The van der Waals surface area contributed by atoms with Gasteiger partial charge in [0.2, 0.25) is 4.96 Å². The van der Waals surface area contributed by atoms with Gasteiger partial charge in [-0.05, 0) is 42.5 Å². The number of carbonyl (C=O) groups excluding carboxylic acids is 1. The number of fused-ring (bicyclic) bond motifs is 1. The number of carbonyl (C=O) groups is 1. The summed E-state index contributed by atoms with van der Waals surface area (Å²) in [5, 5.41) is 9.51. The summed E-state index contributed by atoms with van der Waals surface area (Å²) in [6.45, 7) is 0. The van der Waals surface area contributed by atoms with Gasteiger partial charge in [0.1, 0.15) is 11.5 Å². The van der Waals surface area contributed by atoms with Gasteiger partial charge in [0.25, 0.3) is 11.9 Å². The number of ether oxygens (including phenoxy) is 2. The van der Waals surface area contributed by atoms with Crippen LogP contribution in [-0.4, -0.2) is 34.7 Å². The second kappa shape index (κ2) is 7.49. The molecule has 1 amide bonds. The summed E-state index contributed by atoms with van der Waals surface area (Å²) < 4.78 is 12.1. The van der Waals surface area contributed by atoms with Gasteiger partial charge in [0, 0.05) is 16.0 Å². The number of halogens is 1. The fourth-order valence-corrected chi connectivity index (χ4v) is 3.72. The van der Waals surface area contributed by atoms with E-state index >= 15 is 0 Å². The predicted octanol–water partition coefficient (Wildman–Crippen LogP) is 4.38. The third-order valence-electron chi connectivity index (χ3n) is 4.10. The first-order valence-electron chi connectivity index (χ1n) is 8.22. The maximum Gasteiger partial charge on any atom is 0.261 e. The summed E-state index contributed by atoms with van der Waals surface area (Å²) in [7, 11) is 3.12. The summed E-state index contributed by atoms with van der Waals surface area (Å²) in [5.74, 6) is 0.997. The topological polar surface area (TPSA) is 77.8 Å². The van der Waals surface area contributed by atoms with Gasteiger partial charge < -0.3 is 9.47 Å². The molecule has 0 saturated heterocycles. The van der Waals surface area contributed by atoms with Crippen molar-refractivity contribution in [3.63, 3.8) is 0 Å². The molecule has 2 aromatic carbocycles. The lowest BCUT2D eigenvalue weighted by molar-refractivity contribution is 0.102. The van der Waals surface area contributed by atoms with Gasteiger partial charge in [-0.3, -0.25) is 10.1 Å². The van der Waals surface area contributed by atoms with Crippen molar-refractivity contribution in [2.75, 3.05) is 19.5 Å². The first kappa shape index (κ1) is 18.3. The van der Waals surface area contributed by atoms with Crippen molar-refractivity contribution in [2.45, 2.75) is 0 Å². The van der Waals surface area contributed by atoms with Gasteiger partial charge in [0.15, 0.2) is 0 Å². The molecule has 0 spiro atoms. The van der Waals surface area contributed by atoms with Crippen molar-refractivity contribution < 1.29 is 14.3 Å². The molecule has 0 aliphatic heterocycles. The summed E-state index contributed by atoms with van der Waals surface area (Å²) in [6.07, 6.45) is 0. The maximum absolute atomic E-state index is 12.6. The Morgan fingerprint density at radius 3 is 2.64 bits per heavy atom. The number of benzene rings is 2. The largest absolute Gasteiger partial charge is 0.497 e. The number of hydrogen-bond donors (Lipinski definition) is 1. The molecule has 2 heterocycles. The molecule has 0 unspecified atom stereocenters. The molecule has 0 atom stereocenters. The standard InChI is InChI=1S/C19H15ClN4O3S/c1-26-13-6-3-11(4-7-13)15-10-28-19-22-18(23-24(15)19)21-17(25)14-9-12(20)5-8-16(14)27-2/h3-10H,1-2H3,(H,21,23,25). The fourth-order valence-electron chi connectivity index (χ4n) is 2.72. The maximum atomic E-state index is 12.6. The number of rotatable bonds is 5. The Bertz CT molecular complexity index is 1150. The van der Waals surface area contributed by atoms with Crippen LogP contribution in [0.1, 0.15) is 10.4 Å². The number of anilines is 1. The lowest BCUT2D eigenvalue weighted by atomic mass is 10.2. The van der Waals surface area contributed by atoms with Crippen LogP contribution in [0.15, 0.2) is 47.8 Å². The Hall–Kier alpha value is -3.10. The molecule has 4 aromatic rings. The van der Waals surface area contributed by atoms with Crippen molar-refractivity contribution in [3.05, 3.63) is 58.4 Å². The van der Waals surface area contributed by atoms with E-state index in [0.29, 0.717) is 21.3 Å².